The highest BCUT2D eigenvalue weighted by atomic mass is 16.5. The van der Waals surface area contributed by atoms with E-state index in [-0.39, 0.29) is 5.91 Å². The molecule has 0 atom stereocenters. The number of hydrogen-bond donors (Lipinski definition) is 1. The molecule has 0 radical (unpaired) electrons. The van der Waals surface area contributed by atoms with Gasteiger partial charge in [-0.1, -0.05) is 19.1 Å². The monoisotopic (exact) mass is 290 g/mol. The Morgan fingerprint density at radius 1 is 1.29 bits per heavy atom. The Bertz CT molecular complexity index is 437. The Labute approximate surface area is 127 Å². The summed E-state index contributed by atoms with van der Waals surface area (Å²) in [4.78, 5) is 14.3. The van der Waals surface area contributed by atoms with Crippen LogP contribution in [0.2, 0.25) is 0 Å². The first kappa shape index (κ1) is 15.8. The van der Waals surface area contributed by atoms with E-state index in [2.05, 4.69) is 17.1 Å². The summed E-state index contributed by atoms with van der Waals surface area (Å²) >= 11 is 0. The van der Waals surface area contributed by atoms with Crippen LogP contribution >= 0.6 is 0 Å². The Morgan fingerprint density at radius 3 is 2.57 bits per heavy atom. The SMILES string of the molecule is COc1ccc(CNC(=O)CCN2CCC(C)CC2)cc1. The lowest BCUT2D eigenvalue weighted by molar-refractivity contribution is -0.121. The van der Waals surface area contributed by atoms with E-state index in [0.29, 0.717) is 13.0 Å². The van der Waals surface area contributed by atoms with Crippen molar-refractivity contribution in [3.63, 3.8) is 0 Å². The molecule has 0 bridgehead atoms. The van der Waals surface area contributed by atoms with Gasteiger partial charge in [-0.3, -0.25) is 4.79 Å². The van der Waals surface area contributed by atoms with Crippen molar-refractivity contribution in [2.24, 2.45) is 5.92 Å². The molecule has 1 amide bonds. The molecule has 21 heavy (non-hydrogen) atoms. The third-order valence-electron chi connectivity index (χ3n) is 4.18. The molecule has 1 aliphatic heterocycles. The number of nitrogens with zero attached hydrogens (tertiary/aromatic N) is 1. The molecule has 1 heterocycles. The molecule has 1 aromatic carbocycles. The molecule has 0 aliphatic carbocycles. The molecule has 4 nitrogen and oxygen atoms in total. The summed E-state index contributed by atoms with van der Waals surface area (Å²) in [7, 11) is 1.65. The van der Waals surface area contributed by atoms with Crippen LogP contribution in [0.15, 0.2) is 24.3 Å². The van der Waals surface area contributed by atoms with Crippen molar-refractivity contribution in [1.82, 2.24) is 10.2 Å². The van der Waals surface area contributed by atoms with Crippen molar-refractivity contribution in [2.75, 3.05) is 26.7 Å². The molecule has 0 unspecified atom stereocenters. The highest BCUT2D eigenvalue weighted by Crippen LogP contribution is 2.16. The maximum Gasteiger partial charge on any atom is 0.221 e. The van der Waals surface area contributed by atoms with Crippen LogP contribution in [0.25, 0.3) is 0 Å². The first-order chi connectivity index (χ1) is 10.2. The highest BCUT2D eigenvalue weighted by molar-refractivity contribution is 5.76. The van der Waals surface area contributed by atoms with Gasteiger partial charge in [0.25, 0.3) is 0 Å². The van der Waals surface area contributed by atoms with E-state index in [9.17, 15) is 4.79 Å². The highest BCUT2D eigenvalue weighted by Gasteiger charge is 2.16. The van der Waals surface area contributed by atoms with Gasteiger partial charge in [-0.25, -0.2) is 0 Å². The molecule has 2 rings (SSSR count). The fourth-order valence-electron chi connectivity index (χ4n) is 2.58. The molecular formula is C17H26N2O2. The second-order valence-electron chi connectivity index (χ2n) is 5.90. The molecule has 1 fully saturated rings. The van der Waals surface area contributed by atoms with Crippen LogP contribution in [0.4, 0.5) is 0 Å². The second kappa shape index (κ2) is 8.03. The van der Waals surface area contributed by atoms with Crippen molar-refractivity contribution >= 4 is 5.91 Å². The minimum Gasteiger partial charge on any atom is -0.497 e. The Hall–Kier alpha value is -1.55. The number of piperidine rings is 1. The van der Waals surface area contributed by atoms with Crippen molar-refractivity contribution in [1.29, 1.82) is 0 Å². The number of methoxy groups -OCH3 is 1. The third-order valence-corrected chi connectivity index (χ3v) is 4.18. The lowest BCUT2D eigenvalue weighted by atomic mass is 9.99. The number of rotatable bonds is 6. The first-order valence-electron chi connectivity index (χ1n) is 7.79. The van der Waals surface area contributed by atoms with Crippen LogP contribution in [0.5, 0.6) is 5.75 Å². The average Bonchev–Trinajstić information content (AvgIpc) is 2.53. The van der Waals surface area contributed by atoms with Crippen LogP contribution < -0.4 is 10.1 Å². The van der Waals surface area contributed by atoms with Gasteiger partial charge in [-0.05, 0) is 49.5 Å². The molecule has 1 aliphatic rings. The van der Waals surface area contributed by atoms with Crippen LogP contribution in [0.3, 0.4) is 0 Å². The van der Waals surface area contributed by atoms with Crippen molar-refractivity contribution in [2.45, 2.75) is 32.7 Å². The predicted octanol–water partition coefficient (Wildman–Crippen LogP) is 2.43. The predicted molar refractivity (Wildman–Crippen MR) is 84.3 cm³/mol. The summed E-state index contributed by atoms with van der Waals surface area (Å²) in [5.41, 5.74) is 1.09. The van der Waals surface area contributed by atoms with E-state index in [1.165, 1.54) is 12.8 Å². The van der Waals surface area contributed by atoms with Gasteiger partial charge in [0.1, 0.15) is 5.75 Å². The summed E-state index contributed by atoms with van der Waals surface area (Å²) in [5.74, 6) is 1.80. The van der Waals surface area contributed by atoms with Gasteiger partial charge in [0, 0.05) is 19.5 Å². The minimum absolute atomic E-state index is 0.129. The lowest BCUT2D eigenvalue weighted by Gasteiger charge is -2.29. The van der Waals surface area contributed by atoms with Crippen LogP contribution in [-0.2, 0) is 11.3 Å². The fourth-order valence-corrected chi connectivity index (χ4v) is 2.58. The smallest absolute Gasteiger partial charge is 0.221 e. The zero-order chi connectivity index (χ0) is 15.1. The molecule has 4 heteroatoms. The van der Waals surface area contributed by atoms with Crippen LogP contribution in [0.1, 0.15) is 31.7 Å². The zero-order valence-corrected chi connectivity index (χ0v) is 13.1. The van der Waals surface area contributed by atoms with Gasteiger partial charge in [0.05, 0.1) is 7.11 Å². The number of likely N-dealkylation sites (tertiary alicyclic amines) is 1. The fraction of sp³-hybridized carbons (Fsp3) is 0.588. The number of hydrogen-bond acceptors (Lipinski definition) is 3. The molecule has 0 saturated carbocycles. The van der Waals surface area contributed by atoms with E-state index < -0.39 is 0 Å². The third kappa shape index (κ3) is 5.38. The quantitative estimate of drug-likeness (QED) is 0.875. The van der Waals surface area contributed by atoms with Gasteiger partial charge < -0.3 is 15.0 Å². The molecule has 0 spiro atoms. The van der Waals surface area contributed by atoms with E-state index in [1.54, 1.807) is 7.11 Å². The van der Waals surface area contributed by atoms with Crippen molar-refractivity contribution in [3.05, 3.63) is 29.8 Å². The zero-order valence-electron chi connectivity index (χ0n) is 13.1. The standard InChI is InChI=1S/C17H26N2O2/c1-14-7-10-19(11-8-14)12-9-17(20)18-13-15-3-5-16(21-2)6-4-15/h3-6,14H,7-13H2,1-2H3,(H,18,20). The van der Waals surface area contributed by atoms with E-state index in [4.69, 9.17) is 4.74 Å². The van der Waals surface area contributed by atoms with Gasteiger partial charge in [-0.2, -0.15) is 0 Å². The summed E-state index contributed by atoms with van der Waals surface area (Å²) in [6, 6.07) is 7.78. The number of nitrogens with one attached hydrogen (secondary N) is 1. The summed E-state index contributed by atoms with van der Waals surface area (Å²) in [6.07, 6.45) is 3.10. The van der Waals surface area contributed by atoms with Crippen molar-refractivity contribution < 1.29 is 9.53 Å². The number of carbonyl (C=O) groups is 1. The molecular weight excluding hydrogens is 264 g/mol. The number of ether oxygens (including phenoxy) is 1. The number of benzene rings is 1. The van der Waals surface area contributed by atoms with Crippen LogP contribution in [0, 0.1) is 5.92 Å². The number of amides is 1. The van der Waals surface area contributed by atoms with E-state index in [0.717, 1.165) is 36.9 Å². The molecule has 1 aromatic rings. The van der Waals surface area contributed by atoms with Crippen LogP contribution in [-0.4, -0.2) is 37.6 Å². The minimum atomic E-state index is 0.129. The summed E-state index contributed by atoms with van der Waals surface area (Å²) < 4.78 is 5.12. The molecule has 1 N–H and O–H groups in total. The van der Waals surface area contributed by atoms with Gasteiger partial charge in [-0.15, -0.1) is 0 Å². The van der Waals surface area contributed by atoms with Crippen molar-refractivity contribution in [3.8, 4) is 5.75 Å². The summed E-state index contributed by atoms with van der Waals surface area (Å²) in [6.45, 7) is 6.03. The maximum absolute atomic E-state index is 11.9. The largest absolute Gasteiger partial charge is 0.497 e. The molecule has 116 valence electrons. The number of carbonyl (C=O) groups excluding carboxylic acids is 1. The Morgan fingerprint density at radius 2 is 1.95 bits per heavy atom. The Balaban J connectivity index is 1.65. The van der Waals surface area contributed by atoms with Gasteiger partial charge in [0.15, 0.2) is 0 Å². The average molecular weight is 290 g/mol. The first-order valence-corrected chi connectivity index (χ1v) is 7.79. The normalized spacial score (nSPS) is 16.7. The lowest BCUT2D eigenvalue weighted by Crippen LogP contribution is -2.36. The van der Waals surface area contributed by atoms with E-state index in [1.807, 2.05) is 24.3 Å². The van der Waals surface area contributed by atoms with Gasteiger partial charge in [0.2, 0.25) is 5.91 Å². The topological polar surface area (TPSA) is 41.6 Å². The Kier molecular flexibility index (Phi) is 6.05. The summed E-state index contributed by atoms with van der Waals surface area (Å²) in [5, 5.41) is 2.98. The molecule has 0 aromatic heterocycles. The van der Waals surface area contributed by atoms with E-state index >= 15 is 0 Å². The van der Waals surface area contributed by atoms with Gasteiger partial charge >= 0.3 is 0 Å². The second-order valence-corrected chi connectivity index (χ2v) is 5.90. The maximum atomic E-state index is 11.9. The molecule has 1 saturated heterocycles.